The highest BCUT2D eigenvalue weighted by atomic mass is 32.1. The minimum Gasteiger partial charge on any atom is -0.311 e. The largest absolute Gasteiger partial charge is 0.311 e. The van der Waals surface area contributed by atoms with Gasteiger partial charge in [-0.3, -0.25) is 0 Å². The maximum Gasteiger partial charge on any atom is 0.113 e. The highest BCUT2D eigenvalue weighted by Crippen LogP contribution is 2.44. The Bertz CT molecular complexity index is 2750. The zero-order chi connectivity index (χ0) is 34.1. The summed E-state index contributed by atoms with van der Waals surface area (Å²) >= 11 is 1.91. The van der Waals surface area contributed by atoms with Gasteiger partial charge in [0.15, 0.2) is 0 Å². The first-order valence-corrected chi connectivity index (χ1v) is 21.5. The lowest BCUT2D eigenvalue weighted by atomic mass is 9.97. The fourth-order valence-corrected chi connectivity index (χ4v) is 12.5. The van der Waals surface area contributed by atoms with Gasteiger partial charge in [-0.05, 0) is 103 Å². The number of hydrogen-bond acceptors (Lipinski definition) is 2. The van der Waals surface area contributed by atoms with Crippen LogP contribution in [0.5, 0.6) is 0 Å². The van der Waals surface area contributed by atoms with Crippen molar-refractivity contribution < 1.29 is 0 Å². The van der Waals surface area contributed by atoms with Crippen LogP contribution in [0.4, 0.5) is 17.1 Å². The molecule has 0 amide bonds. The molecular formula is C48H35NSSi. The van der Waals surface area contributed by atoms with E-state index in [0.717, 1.165) is 11.4 Å². The van der Waals surface area contributed by atoms with E-state index < -0.39 is 8.07 Å². The van der Waals surface area contributed by atoms with Gasteiger partial charge < -0.3 is 4.90 Å². The molecule has 2 heterocycles. The Kier molecular flexibility index (Phi) is 6.89. The second-order valence-corrected chi connectivity index (χ2v) is 19.5. The van der Waals surface area contributed by atoms with E-state index in [1.807, 2.05) is 11.3 Å². The molecule has 0 atom stereocenters. The Hall–Kier alpha value is -5.74. The highest BCUT2D eigenvalue weighted by Gasteiger charge is 2.39. The summed E-state index contributed by atoms with van der Waals surface area (Å²) in [6.07, 6.45) is 0. The van der Waals surface area contributed by atoms with Crippen molar-refractivity contribution >= 4 is 77.8 Å². The van der Waals surface area contributed by atoms with Crippen molar-refractivity contribution in [3.05, 3.63) is 176 Å². The van der Waals surface area contributed by atoms with Gasteiger partial charge in [0.1, 0.15) is 8.07 Å². The molecule has 0 saturated heterocycles. The van der Waals surface area contributed by atoms with Gasteiger partial charge >= 0.3 is 0 Å². The molecule has 1 aliphatic heterocycles. The first-order valence-electron chi connectivity index (χ1n) is 17.7. The molecule has 0 saturated carbocycles. The van der Waals surface area contributed by atoms with E-state index in [9.17, 15) is 0 Å². The van der Waals surface area contributed by atoms with E-state index in [1.54, 1.807) is 5.19 Å². The molecule has 3 heteroatoms. The standard InChI is InChI=1S/C48H35NSSi/c1-51(2)45-30-29-44-47(41-16-8-9-18-43(41)50-44)48(45)42-28-27-38(31-46(42)51)49(36-23-19-33(20-24-36)32-11-4-3-5-12-32)37-25-21-35(22-26-37)40-17-10-14-34-13-6-7-15-39(34)40/h3-31H,1-2H3. The SMILES string of the molecule is C[Si]1(C)c2cc(N(c3ccc(-c4ccccc4)cc3)c3ccc(-c4cccc5ccccc45)cc3)ccc2-c2c1ccc1sc3ccccc3c21. The predicted molar refractivity (Wildman–Crippen MR) is 225 cm³/mol. The fraction of sp³-hybridized carbons (Fsp3) is 0.0417. The molecule has 8 aromatic carbocycles. The average Bonchev–Trinajstić information content (AvgIpc) is 3.67. The van der Waals surface area contributed by atoms with E-state index in [-0.39, 0.29) is 0 Å². The first kappa shape index (κ1) is 30.1. The van der Waals surface area contributed by atoms with Crippen molar-refractivity contribution in [3.63, 3.8) is 0 Å². The molecule has 0 unspecified atom stereocenters. The van der Waals surface area contributed by atoms with E-state index in [2.05, 4.69) is 194 Å². The van der Waals surface area contributed by atoms with Crippen molar-refractivity contribution in [2.75, 3.05) is 4.90 Å². The Morgan fingerprint density at radius 3 is 1.84 bits per heavy atom. The monoisotopic (exact) mass is 685 g/mol. The van der Waals surface area contributed by atoms with E-state index in [4.69, 9.17) is 0 Å². The number of nitrogens with zero attached hydrogens (tertiary/aromatic N) is 1. The maximum atomic E-state index is 2.53. The summed E-state index contributed by atoms with van der Waals surface area (Å²) in [6, 6.07) is 65.0. The van der Waals surface area contributed by atoms with Crippen LogP contribution >= 0.6 is 11.3 Å². The molecule has 1 nitrogen and oxygen atoms in total. The van der Waals surface area contributed by atoms with Gasteiger partial charge in [0.25, 0.3) is 0 Å². The Balaban J connectivity index is 1.12. The van der Waals surface area contributed by atoms with Crippen LogP contribution in [-0.2, 0) is 0 Å². The lowest BCUT2D eigenvalue weighted by molar-refractivity contribution is 1.29. The topological polar surface area (TPSA) is 3.24 Å². The summed E-state index contributed by atoms with van der Waals surface area (Å²) in [7, 11) is -1.99. The third kappa shape index (κ3) is 4.80. The predicted octanol–water partition coefficient (Wildman–Crippen LogP) is 12.8. The lowest BCUT2D eigenvalue weighted by Gasteiger charge is -2.28. The van der Waals surface area contributed by atoms with Crippen molar-refractivity contribution in [2.45, 2.75) is 13.1 Å². The van der Waals surface area contributed by atoms with Gasteiger partial charge in [-0.25, -0.2) is 0 Å². The van der Waals surface area contributed by atoms with E-state index >= 15 is 0 Å². The quantitative estimate of drug-likeness (QED) is 0.163. The average molecular weight is 686 g/mol. The van der Waals surface area contributed by atoms with Crippen molar-refractivity contribution in [1.29, 1.82) is 0 Å². The minimum atomic E-state index is -1.99. The van der Waals surface area contributed by atoms with Crippen LogP contribution in [0.1, 0.15) is 0 Å². The van der Waals surface area contributed by atoms with Gasteiger partial charge in [0, 0.05) is 37.2 Å². The molecule has 0 aliphatic carbocycles. The molecule has 51 heavy (non-hydrogen) atoms. The molecule has 9 aromatic rings. The Morgan fingerprint density at radius 1 is 0.431 bits per heavy atom. The number of benzene rings is 8. The second kappa shape index (κ2) is 11.7. The third-order valence-corrected chi connectivity index (χ3v) is 15.5. The molecule has 1 aromatic heterocycles. The van der Waals surface area contributed by atoms with Crippen LogP contribution < -0.4 is 15.3 Å². The summed E-state index contributed by atoms with van der Waals surface area (Å²) in [6.45, 7) is 5.06. The fourth-order valence-electron chi connectivity index (χ4n) is 8.32. The summed E-state index contributed by atoms with van der Waals surface area (Å²) in [5, 5.41) is 8.40. The van der Waals surface area contributed by atoms with Crippen LogP contribution in [0, 0.1) is 0 Å². The van der Waals surface area contributed by atoms with Gasteiger partial charge in [-0.2, -0.15) is 0 Å². The minimum absolute atomic E-state index is 1.15. The Labute approximate surface area is 303 Å². The maximum absolute atomic E-state index is 2.53. The van der Waals surface area contributed by atoms with Crippen LogP contribution in [-0.4, -0.2) is 8.07 Å². The van der Waals surface area contributed by atoms with E-state index in [0.29, 0.717) is 0 Å². The number of hydrogen-bond donors (Lipinski definition) is 0. The first-order chi connectivity index (χ1) is 25.0. The second-order valence-electron chi connectivity index (χ2n) is 14.1. The smallest absolute Gasteiger partial charge is 0.113 e. The van der Waals surface area contributed by atoms with Crippen molar-refractivity contribution in [3.8, 4) is 33.4 Å². The molecule has 0 bridgehead atoms. The number of rotatable bonds is 5. The number of thiophene rings is 1. The normalized spacial score (nSPS) is 13.1. The van der Waals surface area contributed by atoms with Gasteiger partial charge in [-0.15, -0.1) is 11.3 Å². The molecule has 242 valence electrons. The van der Waals surface area contributed by atoms with Crippen LogP contribution in [0.15, 0.2) is 176 Å². The summed E-state index contributed by atoms with van der Waals surface area (Å²) in [5.74, 6) is 0. The van der Waals surface area contributed by atoms with Gasteiger partial charge in [0.2, 0.25) is 0 Å². The number of fused-ring (bicyclic) bond motifs is 8. The summed E-state index contributed by atoms with van der Waals surface area (Å²) in [5.41, 5.74) is 11.3. The highest BCUT2D eigenvalue weighted by molar-refractivity contribution is 7.26. The Morgan fingerprint density at radius 2 is 1.06 bits per heavy atom. The molecule has 10 rings (SSSR count). The third-order valence-electron chi connectivity index (χ3n) is 10.9. The molecule has 0 radical (unpaired) electrons. The lowest BCUT2D eigenvalue weighted by Crippen LogP contribution is -2.49. The van der Waals surface area contributed by atoms with Crippen LogP contribution in [0.3, 0.4) is 0 Å². The van der Waals surface area contributed by atoms with Gasteiger partial charge in [-0.1, -0.05) is 140 Å². The molecule has 0 spiro atoms. The molecule has 0 N–H and O–H groups in total. The zero-order valence-electron chi connectivity index (χ0n) is 28.6. The van der Waals surface area contributed by atoms with Crippen molar-refractivity contribution in [1.82, 2.24) is 0 Å². The van der Waals surface area contributed by atoms with E-state index in [1.165, 1.54) is 75.2 Å². The van der Waals surface area contributed by atoms with Crippen LogP contribution in [0.2, 0.25) is 13.1 Å². The van der Waals surface area contributed by atoms with Crippen LogP contribution in [0.25, 0.3) is 64.3 Å². The van der Waals surface area contributed by atoms with Gasteiger partial charge in [0.05, 0.1) is 0 Å². The zero-order valence-corrected chi connectivity index (χ0v) is 30.4. The number of anilines is 3. The molecular weight excluding hydrogens is 651 g/mol. The molecule has 0 fully saturated rings. The summed E-state index contributed by atoms with van der Waals surface area (Å²) < 4.78 is 2.74. The molecule has 1 aliphatic rings. The van der Waals surface area contributed by atoms with Crippen molar-refractivity contribution in [2.24, 2.45) is 0 Å². The summed E-state index contributed by atoms with van der Waals surface area (Å²) in [4.78, 5) is 2.44.